The van der Waals surface area contributed by atoms with Crippen LogP contribution in [0.15, 0.2) is 36.4 Å². The van der Waals surface area contributed by atoms with Crippen LogP contribution in [0.25, 0.3) is 22.3 Å². The minimum Gasteiger partial charge on any atom is -0.0511 e. The van der Waals surface area contributed by atoms with Crippen molar-refractivity contribution in [1.82, 2.24) is 0 Å². The highest BCUT2D eigenvalue weighted by Crippen LogP contribution is 2.34. The Morgan fingerprint density at radius 3 is 0.885 bits per heavy atom. The van der Waals surface area contributed by atoms with Crippen LogP contribution in [-0.2, 0) is 0 Å². The lowest BCUT2D eigenvalue weighted by atomic mass is 9.88. The van der Waals surface area contributed by atoms with E-state index in [4.69, 9.17) is 0 Å². The Morgan fingerprint density at radius 1 is 0.346 bits per heavy atom. The van der Waals surface area contributed by atoms with Crippen LogP contribution >= 0.6 is 0 Å². The van der Waals surface area contributed by atoms with Crippen molar-refractivity contribution < 1.29 is 0 Å². The van der Waals surface area contributed by atoms with E-state index >= 15 is 0 Å². The Labute approximate surface area is 158 Å². The number of benzene rings is 3. The lowest BCUT2D eigenvalue weighted by Gasteiger charge is -2.16. The maximum Gasteiger partial charge on any atom is -0.0151 e. The first-order valence-corrected chi connectivity index (χ1v) is 9.46. The Morgan fingerprint density at radius 2 is 0.615 bits per heavy atom. The van der Waals surface area contributed by atoms with Crippen molar-refractivity contribution >= 4 is 0 Å². The van der Waals surface area contributed by atoms with E-state index < -0.39 is 0 Å². The highest BCUT2D eigenvalue weighted by atomic mass is 14.2. The van der Waals surface area contributed by atoms with Gasteiger partial charge >= 0.3 is 0 Å². The molecule has 3 rings (SSSR count). The Bertz CT molecular complexity index is 874. The van der Waals surface area contributed by atoms with Crippen LogP contribution < -0.4 is 0 Å². The summed E-state index contributed by atoms with van der Waals surface area (Å²) in [6.07, 6.45) is 0. The maximum absolute atomic E-state index is 2.36. The van der Waals surface area contributed by atoms with Crippen molar-refractivity contribution in [3.8, 4) is 22.3 Å². The molecule has 134 valence electrons. The molecule has 26 heavy (non-hydrogen) atoms. The van der Waals surface area contributed by atoms with E-state index in [2.05, 4.69) is 91.8 Å². The third kappa shape index (κ3) is 3.21. The van der Waals surface area contributed by atoms with Crippen molar-refractivity contribution in [2.24, 2.45) is 0 Å². The molecule has 0 unspecified atom stereocenters. The van der Waals surface area contributed by atoms with E-state index in [-0.39, 0.29) is 0 Å². The molecule has 0 bridgehead atoms. The second kappa shape index (κ2) is 6.76. The monoisotopic (exact) mass is 342 g/mol. The van der Waals surface area contributed by atoms with Gasteiger partial charge in [-0.3, -0.25) is 0 Å². The Kier molecular flexibility index (Phi) is 4.80. The summed E-state index contributed by atoms with van der Waals surface area (Å²) in [5, 5.41) is 0. The molecule has 0 aliphatic heterocycles. The molecule has 0 aliphatic carbocycles. The Hall–Kier alpha value is -2.34. The zero-order valence-corrected chi connectivity index (χ0v) is 17.5. The summed E-state index contributed by atoms with van der Waals surface area (Å²) in [5.41, 5.74) is 16.3. The summed E-state index contributed by atoms with van der Waals surface area (Å²) < 4.78 is 0. The van der Waals surface area contributed by atoms with Gasteiger partial charge in [0.15, 0.2) is 0 Å². The lowest BCUT2D eigenvalue weighted by molar-refractivity contribution is 1.26. The van der Waals surface area contributed by atoms with Crippen LogP contribution in [-0.4, -0.2) is 0 Å². The predicted octanol–water partition coefficient (Wildman–Crippen LogP) is 7.49. The van der Waals surface area contributed by atoms with E-state index in [0.29, 0.717) is 0 Å². The molecule has 0 heteroatoms. The molecule has 0 aromatic heterocycles. The molecular weight excluding hydrogens is 312 g/mol. The minimum absolute atomic E-state index is 1.33. The fourth-order valence-corrected chi connectivity index (χ4v) is 3.82. The number of hydrogen-bond acceptors (Lipinski definition) is 0. The third-order valence-electron chi connectivity index (χ3n) is 6.05. The minimum atomic E-state index is 1.33. The first-order chi connectivity index (χ1) is 12.2. The predicted molar refractivity (Wildman–Crippen MR) is 115 cm³/mol. The molecule has 0 saturated carbocycles. The maximum atomic E-state index is 2.36. The van der Waals surface area contributed by atoms with E-state index in [1.165, 1.54) is 66.8 Å². The molecular formula is C26H30. The van der Waals surface area contributed by atoms with Crippen molar-refractivity contribution in [3.63, 3.8) is 0 Å². The van der Waals surface area contributed by atoms with E-state index in [0.717, 1.165) is 0 Å². The zero-order valence-electron chi connectivity index (χ0n) is 17.5. The van der Waals surface area contributed by atoms with Crippen LogP contribution in [0.2, 0.25) is 0 Å². The molecule has 0 saturated heterocycles. The zero-order chi connectivity index (χ0) is 19.2. The fourth-order valence-electron chi connectivity index (χ4n) is 3.82. The molecule has 0 amide bonds. The molecule has 3 aromatic carbocycles. The van der Waals surface area contributed by atoms with Gasteiger partial charge in [0.2, 0.25) is 0 Å². The smallest absolute Gasteiger partial charge is 0.0151 e. The van der Waals surface area contributed by atoms with Gasteiger partial charge in [0.1, 0.15) is 0 Å². The summed E-state index contributed by atoms with van der Waals surface area (Å²) in [6.45, 7) is 17.7. The molecule has 0 radical (unpaired) electrons. The van der Waals surface area contributed by atoms with Gasteiger partial charge in [-0.2, -0.15) is 0 Å². The quantitative estimate of drug-likeness (QED) is 0.452. The van der Waals surface area contributed by atoms with Gasteiger partial charge in [0.05, 0.1) is 0 Å². The normalized spacial score (nSPS) is 11.1. The lowest BCUT2D eigenvalue weighted by Crippen LogP contribution is -1.94. The van der Waals surface area contributed by atoms with Crippen LogP contribution in [0.3, 0.4) is 0 Å². The van der Waals surface area contributed by atoms with Crippen LogP contribution in [0.1, 0.15) is 44.5 Å². The van der Waals surface area contributed by atoms with Crippen molar-refractivity contribution in [1.29, 1.82) is 0 Å². The number of hydrogen-bond donors (Lipinski definition) is 0. The highest BCUT2D eigenvalue weighted by molar-refractivity contribution is 5.78. The van der Waals surface area contributed by atoms with Crippen LogP contribution in [0, 0.1) is 55.4 Å². The van der Waals surface area contributed by atoms with E-state index in [1.54, 1.807) is 0 Å². The molecule has 3 aromatic rings. The average molecular weight is 343 g/mol. The summed E-state index contributed by atoms with van der Waals surface area (Å²) in [7, 11) is 0. The van der Waals surface area contributed by atoms with Crippen molar-refractivity contribution in [2.45, 2.75) is 55.4 Å². The van der Waals surface area contributed by atoms with Crippen molar-refractivity contribution in [3.05, 3.63) is 80.9 Å². The first-order valence-electron chi connectivity index (χ1n) is 9.46. The molecule has 0 nitrogen and oxygen atoms in total. The third-order valence-corrected chi connectivity index (χ3v) is 6.05. The summed E-state index contributed by atoms with van der Waals surface area (Å²) in [4.78, 5) is 0. The summed E-state index contributed by atoms with van der Waals surface area (Å²) >= 11 is 0. The highest BCUT2D eigenvalue weighted by Gasteiger charge is 2.11. The van der Waals surface area contributed by atoms with Crippen molar-refractivity contribution in [2.75, 3.05) is 0 Å². The van der Waals surface area contributed by atoms with Gasteiger partial charge in [0.25, 0.3) is 0 Å². The van der Waals surface area contributed by atoms with Gasteiger partial charge in [-0.1, -0.05) is 36.4 Å². The largest absolute Gasteiger partial charge is 0.0511 e. The Balaban J connectivity index is 2.16. The van der Waals surface area contributed by atoms with Gasteiger partial charge in [-0.05, 0) is 122 Å². The van der Waals surface area contributed by atoms with Gasteiger partial charge in [-0.15, -0.1) is 0 Å². The molecule has 0 aliphatic rings. The van der Waals surface area contributed by atoms with Crippen LogP contribution in [0.5, 0.6) is 0 Å². The first kappa shape index (κ1) is 18.5. The van der Waals surface area contributed by atoms with Gasteiger partial charge < -0.3 is 0 Å². The van der Waals surface area contributed by atoms with E-state index in [1.807, 2.05) is 0 Å². The van der Waals surface area contributed by atoms with Crippen LogP contribution in [0.4, 0.5) is 0 Å². The standard InChI is InChI=1S/C26H30/c1-15-9-23(10-16(2)21(15)7)25-13-20(6)26(14-19(25)5)24-11-17(3)22(8)18(4)12-24/h9-14H,1-8H3. The second-order valence-electron chi connectivity index (χ2n) is 7.95. The number of rotatable bonds is 2. The molecule has 0 fully saturated rings. The van der Waals surface area contributed by atoms with Gasteiger partial charge in [-0.25, -0.2) is 0 Å². The summed E-state index contributed by atoms with van der Waals surface area (Å²) in [6, 6.07) is 14.0. The molecule has 0 N–H and O–H groups in total. The SMILES string of the molecule is Cc1cc(-c2cc(C)c(C)c(C)c2)c(C)cc1-c1cc(C)c(C)c(C)c1. The average Bonchev–Trinajstić information content (AvgIpc) is 2.58. The molecule has 0 spiro atoms. The summed E-state index contributed by atoms with van der Waals surface area (Å²) in [5.74, 6) is 0. The topological polar surface area (TPSA) is 0 Å². The second-order valence-corrected chi connectivity index (χ2v) is 7.95. The molecule has 0 heterocycles. The van der Waals surface area contributed by atoms with Gasteiger partial charge in [0, 0.05) is 0 Å². The molecule has 0 atom stereocenters. The fraction of sp³-hybridized carbons (Fsp3) is 0.308. The number of aryl methyl sites for hydroxylation is 6. The van der Waals surface area contributed by atoms with E-state index in [9.17, 15) is 0 Å².